The van der Waals surface area contributed by atoms with Crippen molar-refractivity contribution < 1.29 is 8.42 Å². The molecule has 0 aliphatic rings. The van der Waals surface area contributed by atoms with Crippen molar-refractivity contribution in [3.8, 4) is 11.3 Å². The SMILES string of the molecule is CCc1sc(=O)n(CCCS(C)(=O)=O)c1-c1ccccc1. The van der Waals surface area contributed by atoms with Crippen molar-refractivity contribution >= 4 is 21.2 Å². The molecular formula is C15H19NO3S2. The lowest BCUT2D eigenvalue weighted by Crippen LogP contribution is -2.17. The molecule has 0 radical (unpaired) electrons. The molecule has 0 N–H and O–H groups in total. The van der Waals surface area contributed by atoms with E-state index in [1.54, 1.807) is 4.57 Å². The summed E-state index contributed by atoms with van der Waals surface area (Å²) >= 11 is 1.25. The Bertz CT molecular complexity index is 758. The summed E-state index contributed by atoms with van der Waals surface area (Å²) in [7, 11) is -3.00. The van der Waals surface area contributed by atoms with Crippen LogP contribution in [0.1, 0.15) is 18.2 Å². The fraction of sp³-hybridized carbons (Fsp3) is 0.400. The van der Waals surface area contributed by atoms with Gasteiger partial charge in [-0.1, -0.05) is 48.6 Å². The molecule has 21 heavy (non-hydrogen) atoms. The zero-order valence-corrected chi connectivity index (χ0v) is 13.8. The normalized spacial score (nSPS) is 11.7. The summed E-state index contributed by atoms with van der Waals surface area (Å²) in [5.41, 5.74) is 1.94. The Hall–Kier alpha value is -1.40. The largest absolute Gasteiger partial charge is 0.307 e. The van der Waals surface area contributed by atoms with Crippen LogP contribution in [0.5, 0.6) is 0 Å². The number of sulfone groups is 1. The molecule has 1 heterocycles. The first-order valence-corrected chi connectivity index (χ1v) is 9.75. The first kappa shape index (κ1) is 16.0. The minimum atomic E-state index is -3.00. The lowest BCUT2D eigenvalue weighted by Gasteiger charge is -2.09. The van der Waals surface area contributed by atoms with Gasteiger partial charge in [-0.05, 0) is 18.4 Å². The number of aromatic nitrogens is 1. The molecular weight excluding hydrogens is 306 g/mol. The molecule has 0 spiro atoms. The Morgan fingerprint density at radius 1 is 1.19 bits per heavy atom. The average Bonchev–Trinajstić information content (AvgIpc) is 2.75. The third kappa shape index (κ3) is 4.04. The Balaban J connectivity index is 2.37. The van der Waals surface area contributed by atoms with Gasteiger partial charge >= 0.3 is 4.87 Å². The van der Waals surface area contributed by atoms with Crippen LogP contribution in [-0.2, 0) is 22.8 Å². The van der Waals surface area contributed by atoms with E-state index in [0.29, 0.717) is 13.0 Å². The van der Waals surface area contributed by atoms with Gasteiger partial charge in [0.05, 0.1) is 11.4 Å². The third-order valence-electron chi connectivity index (χ3n) is 3.23. The molecule has 0 aliphatic heterocycles. The van der Waals surface area contributed by atoms with Crippen LogP contribution >= 0.6 is 11.3 Å². The van der Waals surface area contributed by atoms with Gasteiger partial charge < -0.3 is 0 Å². The first-order chi connectivity index (χ1) is 9.92. The molecule has 0 amide bonds. The molecule has 6 heteroatoms. The molecule has 114 valence electrons. The Labute approximate surface area is 129 Å². The van der Waals surface area contributed by atoms with Crippen LogP contribution in [0.4, 0.5) is 0 Å². The van der Waals surface area contributed by atoms with Gasteiger partial charge in [-0.3, -0.25) is 9.36 Å². The van der Waals surface area contributed by atoms with E-state index in [2.05, 4.69) is 0 Å². The highest BCUT2D eigenvalue weighted by Crippen LogP contribution is 2.26. The fourth-order valence-corrected chi connectivity index (χ4v) is 3.92. The van der Waals surface area contributed by atoms with E-state index >= 15 is 0 Å². The van der Waals surface area contributed by atoms with Crippen molar-refractivity contribution in [2.24, 2.45) is 0 Å². The van der Waals surface area contributed by atoms with Crippen LogP contribution in [-0.4, -0.2) is 25.0 Å². The van der Waals surface area contributed by atoms with Crippen LogP contribution in [0.15, 0.2) is 35.1 Å². The third-order valence-corrected chi connectivity index (χ3v) is 5.38. The van der Waals surface area contributed by atoms with Gasteiger partial charge in [-0.25, -0.2) is 8.42 Å². The molecule has 0 bridgehead atoms. The molecule has 4 nitrogen and oxygen atoms in total. The van der Waals surface area contributed by atoms with Crippen LogP contribution < -0.4 is 4.87 Å². The van der Waals surface area contributed by atoms with Gasteiger partial charge in [-0.2, -0.15) is 0 Å². The number of nitrogens with zero attached hydrogens (tertiary/aromatic N) is 1. The van der Waals surface area contributed by atoms with E-state index in [1.165, 1.54) is 17.6 Å². The molecule has 0 fully saturated rings. The quantitative estimate of drug-likeness (QED) is 0.820. The Morgan fingerprint density at radius 2 is 1.86 bits per heavy atom. The van der Waals surface area contributed by atoms with E-state index in [1.807, 2.05) is 37.3 Å². The monoisotopic (exact) mass is 325 g/mol. The van der Waals surface area contributed by atoms with E-state index < -0.39 is 9.84 Å². The standard InChI is InChI=1S/C15H19NO3S2/c1-3-13-14(12-8-5-4-6-9-12)16(15(17)20-13)10-7-11-21(2,18)19/h4-6,8-9H,3,7,10-11H2,1-2H3. The first-order valence-electron chi connectivity index (χ1n) is 6.88. The Kier molecular flexibility index (Phi) is 5.00. The second kappa shape index (κ2) is 6.58. The van der Waals surface area contributed by atoms with Crippen LogP contribution in [0.25, 0.3) is 11.3 Å². The number of aryl methyl sites for hydroxylation is 1. The number of rotatable bonds is 6. The zero-order chi connectivity index (χ0) is 15.5. The number of hydrogen-bond acceptors (Lipinski definition) is 4. The van der Waals surface area contributed by atoms with Crippen LogP contribution in [0, 0.1) is 0 Å². The summed E-state index contributed by atoms with van der Waals surface area (Å²) in [5, 5.41) is 0. The van der Waals surface area contributed by atoms with Crippen LogP contribution in [0.3, 0.4) is 0 Å². The average molecular weight is 325 g/mol. The summed E-state index contributed by atoms with van der Waals surface area (Å²) < 4.78 is 24.2. The topological polar surface area (TPSA) is 56.1 Å². The summed E-state index contributed by atoms with van der Waals surface area (Å²) in [6.45, 7) is 2.46. The predicted molar refractivity (Wildman–Crippen MR) is 87.7 cm³/mol. The highest BCUT2D eigenvalue weighted by atomic mass is 32.2. The molecule has 0 unspecified atom stereocenters. The summed E-state index contributed by atoms with van der Waals surface area (Å²) in [6, 6.07) is 9.78. The van der Waals surface area contributed by atoms with E-state index in [0.717, 1.165) is 22.6 Å². The van der Waals surface area contributed by atoms with Crippen molar-refractivity contribution in [2.75, 3.05) is 12.0 Å². The molecule has 0 atom stereocenters. The molecule has 2 rings (SSSR count). The highest BCUT2D eigenvalue weighted by molar-refractivity contribution is 7.90. The number of benzene rings is 1. The lowest BCUT2D eigenvalue weighted by atomic mass is 10.1. The fourth-order valence-electron chi connectivity index (χ4n) is 2.29. The number of thiazole rings is 1. The molecule has 1 aromatic carbocycles. The maximum Gasteiger partial charge on any atom is 0.307 e. The van der Waals surface area contributed by atoms with Crippen molar-refractivity contribution in [1.82, 2.24) is 4.57 Å². The van der Waals surface area contributed by atoms with Gasteiger partial charge in [0.1, 0.15) is 9.84 Å². The second-order valence-corrected chi connectivity index (χ2v) is 8.30. The molecule has 0 aliphatic carbocycles. The minimum Gasteiger partial charge on any atom is -0.298 e. The minimum absolute atomic E-state index is 0.0146. The highest BCUT2D eigenvalue weighted by Gasteiger charge is 2.15. The molecule has 0 saturated heterocycles. The van der Waals surface area contributed by atoms with Crippen molar-refractivity contribution in [3.05, 3.63) is 44.9 Å². The predicted octanol–water partition coefficient (Wildman–Crippen LogP) is 2.57. The van der Waals surface area contributed by atoms with Gasteiger partial charge in [0.15, 0.2) is 0 Å². The van der Waals surface area contributed by atoms with E-state index in [-0.39, 0.29) is 10.6 Å². The van der Waals surface area contributed by atoms with E-state index in [9.17, 15) is 13.2 Å². The van der Waals surface area contributed by atoms with Gasteiger partial charge in [-0.15, -0.1) is 0 Å². The van der Waals surface area contributed by atoms with E-state index in [4.69, 9.17) is 0 Å². The molecule has 0 saturated carbocycles. The van der Waals surface area contributed by atoms with Crippen molar-refractivity contribution in [1.29, 1.82) is 0 Å². The zero-order valence-electron chi connectivity index (χ0n) is 12.2. The molecule has 2 aromatic rings. The summed E-state index contributed by atoms with van der Waals surface area (Å²) in [5.74, 6) is 0.102. The Morgan fingerprint density at radius 3 is 2.43 bits per heavy atom. The lowest BCUT2D eigenvalue weighted by molar-refractivity contribution is 0.591. The summed E-state index contributed by atoms with van der Waals surface area (Å²) in [4.78, 5) is 13.2. The maximum absolute atomic E-state index is 12.2. The van der Waals surface area contributed by atoms with Gasteiger partial charge in [0.2, 0.25) is 0 Å². The van der Waals surface area contributed by atoms with Crippen molar-refractivity contribution in [3.63, 3.8) is 0 Å². The van der Waals surface area contributed by atoms with Gasteiger partial charge in [0.25, 0.3) is 0 Å². The summed E-state index contributed by atoms with van der Waals surface area (Å²) in [6.07, 6.45) is 2.47. The van der Waals surface area contributed by atoms with Gasteiger partial charge in [0, 0.05) is 17.7 Å². The van der Waals surface area contributed by atoms with Crippen LogP contribution in [0.2, 0.25) is 0 Å². The smallest absolute Gasteiger partial charge is 0.298 e. The maximum atomic E-state index is 12.2. The number of hydrogen-bond donors (Lipinski definition) is 0. The molecule has 1 aromatic heterocycles. The second-order valence-electron chi connectivity index (χ2n) is 4.99. The van der Waals surface area contributed by atoms with Crippen molar-refractivity contribution in [2.45, 2.75) is 26.3 Å².